The number of hydrogen-bond acceptors (Lipinski definition) is 4. The van der Waals surface area contributed by atoms with Crippen LogP contribution in [0.2, 0.25) is 0 Å². The number of benzene rings is 1. The number of phenols is 2. The van der Waals surface area contributed by atoms with Gasteiger partial charge in [-0.3, -0.25) is 0 Å². The number of aromatic hydroxyl groups is 2. The lowest BCUT2D eigenvalue weighted by atomic mass is 10.1. The summed E-state index contributed by atoms with van der Waals surface area (Å²) in [5.74, 6) is -0.0123. The van der Waals surface area contributed by atoms with E-state index in [1.54, 1.807) is 6.07 Å². The number of nitrogens with two attached hydrogens (primary N) is 1. The average Bonchev–Trinajstić information content (AvgIpc) is 2.11. The van der Waals surface area contributed by atoms with Crippen LogP contribution in [0.5, 0.6) is 11.5 Å². The zero-order valence-corrected chi connectivity index (χ0v) is 9.03. The number of ketones is 1. The molecule has 4 heteroatoms. The Hall–Kier alpha value is -1.55. The van der Waals surface area contributed by atoms with Crippen LogP contribution in [0.25, 0.3) is 0 Å². The lowest BCUT2D eigenvalue weighted by Gasteiger charge is -2.00. The predicted octanol–water partition coefficient (Wildman–Crippen LogP) is 1.19. The molecule has 0 aliphatic rings. The minimum absolute atomic E-state index is 0.0871. The van der Waals surface area contributed by atoms with Crippen molar-refractivity contribution in [3.05, 3.63) is 23.8 Å². The van der Waals surface area contributed by atoms with Gasteiger partial charge < -0.3 is 20.7 Å². The molecule has 0 amide bonds. The Morgan fingerprint density at radius 2 is 1.80 bits per heavy atom. The van der Waals surface area contributed by atoms with Crippen molar-refractivity contribution in [3.8, 4) is 11.5 Å². The number of phenolic OH excluding ortho intramolecular Hbond substituents is 2. The predicted molar refractivity (Wildman–Crippen MR) is 58.9 cm³/mol. The highest BCUT2D eigenvalue weighted by molar-refractivity contribution is 5.72. The Bertz CT molecular complexity index is 320. The van der Waals surface area contributed by atoms with Crippen LogP contribution < -0.4 is 5.73 Å². The summed E-state index contributed by atoms with van der Waals surface area (Å²) in [6.07, 6.45) is 0.716. The fourth-order valence-electron chi connectivity index (χ4n) is 0.891. The first-order chi connectivity index (χ1) is 6.97. The first kappa shape index (κ1) is 13.4. The third-order valence-electron chi connectivity index (χ3n) is 1.47. The molecule has 84 valence electrons. The van der Waals surface area contributed by atoms with Crippen LogP contribution in [0.15, 0.2) is 18.2 Å². The number of Topliss-reactive ketones (excluding diaryl/α,β-unsaturated/α-hetero) is 1. The first-order valence-electron chi connectivity index (χ1n) is 4.65. The van der Waals surface area contributed by atoms with E-state index < -0.39 is 0 Å². The summed E-state index contributed by atoms with van der Waals surface area (Å²) in [7, 11) is 0. The molecular weight excluding hydrogens is 194 g/mol. The van der Waals surface area contributed by atoms with Gasteiger partial charge in [0.2, 0.25) is 0 Å². The highest BCUT2D eigenvalue weighted by Crippen LogP contribution is 2.24. The Labute approximate surface area is 89.4 Å². The van der Waals surface area contributed by atoms with Gasteiger partial charge >= 0.3 is 0 Å². The maximum Gasteiger partial charge on any atom is 0.157 e. The minimum Gasteiger partial charge on any atom is -0.504 e. The van der Waals surface area contributed by atoms with E-state index in [0.29, 0.717) is 13.0 Å². The van der Waals surface area contributed by atoms with Crippen LogP contribution in [0.1, 0.15) is 19.4 Å². The monoisotopic (exact) mass is 211 g/mol. The summed E-state index contributed by atoms with van der Waals surface area (Å²) in [6, 6.07) is 4.71. The number of carbonyl (C=O) groups is 1. The van der Waals surface area contributed by atoms with E-state index in [9.17, 15) is 4.79 Å². The SMILES string of the molecule is CC(C)=O.NCCc1ccc(O)c(O)c1. The largest absolute Gasteiger partial charge is 0.504 e. The molecule has 0 atom stereocenters. The van der Waals surface area contributed by atoms with E-state index in [1.807, 2.05) is 0 Å². The van der Waals surface area contributed by atoms with E-state index in [-0.39, 0.29) is 17.3 Å². The Kier molecular flexibility index (Phi) is 6.13. The van der Waals surface area contributed by atoms with Crippen molar-refractivity contribution >= 4 is 5.78 Å². The molecule has 0 spiro atoms. The topological polar surface area (TPSA) is 83.6 Å². The molecule has 0 fully saturated rings. The van der Waals surface area contributed by atoms with E-state index in [4.69, 9.17) is 15.9 Å². The van der Waals surface area contributed by atoms with Crippen molar-refractivity contribution in [2.24, 2.45) is 5.73 Å². The molecule has 4 N–H and O–H groups in total. The lowest BCUT2D eigenvalue weighted by molar-refractivity contribution is -0.114. The fraction of sp³-hybridized carbons (Fsp3) is 0.364. The normalized spacial score (nSPS) is 9.00. The van der Waals surface area contributed by atoms with Gasteiger partial charge in [0.15, 0.2) is 11.5 Å². The minimum atomic E-state index is -0.0919. The van der Waals surface area contributed by atoms with Crippen LogP contribution in [-0.4, -0.2) is 22.5 Å². The van der Waals surface area contributed by atoms with E-state index in [0.717, 1.165) is 5.56 Å². The Morgan fingerprint density at radius 1 is 1.27 bits per heavy atom. The first-order valence-corrected chi connectivity index (χ1v) is 4.65. The van der Waals surface area contributed by atoms with Gasteiger partial charge in [0.1, 0.15) is 5.78 Å². The van der Waals surface area contributed by atoms with Crippen LogP contribution in [-0.2, 0) is 11.2 Å². The maximum absolute atomic E-state index is 9.44. The van der Waals surface area contributed by atoms with E-state index >= 15 is 0 Å². The zero-order valence-electron chi connectivity index (χ0n) is 9.03. The molecule has 4 nitrogen and oxygen atoms in total. The van der Waals surface area contributed by atoms with Gasteiger partial charge in [-0.15, -0.1) is 0 Å². The average molecular weight is 211 g/mol. The number of rotatable bonds is 2. The van der Waals surface area contributed by atoms with E-state index in [1.165, 1.54) is 26.0 Å². The van der Waals surface area contributed by atoms with Gasteiger partial charge in [-0.05, 0) is 44.5 Å². The fourth-order valence-corrected chi connectivity index (χ4v) is 0.891. The maximum atomic E-state index is 9.44. The van der Waals surface area contributed by atoms with Crippen molar-refractivity contribution in [2.45, 2.75) is 20.3 Å². The molecule has 0 aliphatic carbocycles. The van der Waals surface area contributed by atoms with Crippen LogP contribution in [0.3, 0.4) is 0 Å². The van der Waals surface area contributed by atoms with Gasteiger partial charge in [-0.1, -0.05) is 6.07 Å². The number of hydrogen-bond donors (Lipinski definition) is 3. The van der Waals surface area contributed by atoms with Gasteiger partial charge in [0.25, 0.3) is 0 Å². The van der Waals surface area contributed by atoms with Crippen molar-refractivity contribution < 1.29 is 15.0 Å². The highest BCUT2D eigenvalue weighted by Gasteiger charge is 1.98. The third kappa shape index (κ3) is 6.51. The molecule has 0 unspecified atom stereocenters. The van der Waals surface area contributed by atoms with E-state index in [2.05, 4.69) is 0 Å². The van der Waals surface area contributed by atoms with Crippen molar-refractivity contribution in [1.82, 2.24) is 0 Å². The van der Waals surface area contributed by atoms with Gasteiger partial charge in [0, 0.05) is 0 Å². The molecule has 1 aromatic rings. The molecule has 0 aromatic heterocycles. The molecule has 1 rings (SSSR count). The molecule has 1 aromatic carbocycles. The summed E-state index contributed by atoms with van der Waals surface area (Å²) >= 11 is 0. The van der Waals surface area contributed by atoms with Crippen molar-refractivity contribution in [1.29, 1.82) is 0 Å². The molecule has 0 bridgehead atoms. The van der Waals surface area contributed by atoms with Crippen molar-refractivity contribution in [2.75, 3.05) is 6.54 Å². The molecule has 0 saturated heterocycles. The van der Waals surface area contributed by atoms with Crippen LogP contribution in [0, 0.1) is 0 Å². The second kappa shape index (κ2) is 6.84. The van der Waals surface area contributed by atoms with Crippen LogP contribution in [0.4, 0.5) is 0 Å². The van der Waals surface area contributed by atoms with Crippen LogP contribution >= 0.6 is 0 Å². The smallest absolute Gasteiger partial charge is 0.157 e. The number of carbonyl (C=O) groups excluding carboxylic acids is 1. The third-order valence-corrected chi connectivity index (χ3v) is 1.47. The molecule has 0 saturated carbocycles. The second-order valence-corrected chi connectivity index (χ2v) is 3.27. The summed E-state index contributed by atoms with van der Waals surface area (Å²) in [5, 5.41) is 18.0. The quantitative estimate of drug-likeness (QED) is 0.642. The van der Waals surface area contributed by atoms with Gasteiger partial charge in [-0.2, -0.15) is 0 Å². The molecule has 0 radical (unpaired) electrons. The molecule has 15 heavy (non-hydrogen) atoms. The lowest BCUT2D eigenvalue weighted by Crippen LogP contribution is -2.02. The molecule has 0 aliphatic heterocycles. The standard InChI is InChI=1S/C8H11NO2.C3H6O/c9-4-3-6-1-2-7(10)8(11)5-6;1-3(2)4/h1-2,5,10-11H,3-4,9H2;1-2H3. The zero-order chi connectivity index (χ0) is 11.8. The summed E-state index contributed by atoms with van der Waals surface area (Å²) in [5.41, 5.74) is 6.24. The second-order valence-electron chi connectivity index (χ2n) is 3.27. The van der Waals surface area contributed by atoms with Crippen molar-refractivity contribution in [3.63, 3.8) is 0 Å². The highest BCUT2D eigenvalue weighted by atomic mass is 16.3. The van der Waals surface area contributed by atoms with Gasteiger partial charge in [0.05, 0.1) is 0 Å². The Balaban J connectivity index is 0.000000423. The molecule has 0 heterocycles. The summed E-state index contributed by atoms with van der Waals surface area (Å²) in [6.45, 7) is 3.60. The summed E-state index contributed by atoms with van der Waals surface area (Å²) < 4.78 is 0. The Morgan fingerprint density at radius 3 is 2.20 bits per heavy atom. The van der Waals surface area contributed by atoms with Gasteiger partial charge in [-0.25, -0.2) is 0 Å². The molecular formula is C11H17NO3. The summed E-state index contributed by atoms with van der Waals surface area (Å²) in [4.78, 5) is 9.44.